The third kappa shape index (κ3) is 3.19. The van der Waals surface area contributed by atoms with Gasteiger partial charge in [-0.15, -0.1) is 0 Å². The van der Waals surface area contributed by atoms with Crippen molar-refractivity contribution in [2.45, 2.75) is 13.1 Å². The van der Waals surface area contributed by atoms with Crippen LogP contribution in [-0.2, 0) is 9.53 Å². The first-order valence-electron chi connectivity index (χ1n) is 4.00. The van der Waals surface area contributed by atoms with Crippen molar-refractivity contribution in [3.63, 3.8) is 0 Å². The molecule has 0 radical (unpaired) electrons. The fourth-order valence-corrected chi connectivity index (χ4v) is 1.10. The van der Waals surface area contributed by atoms with E-state index in [1.807, 2.05) is 38.0 Å². The molecule has 0 atom stereocenters. The molecule has 0 aliphatic rings. The molecule has 0 bridgehead atoms. The third-order valence-electron chi connectivity index (χ3n) is 1.48. The number of ether oxygens (including phenoxy) is 1. The Morgan fingerprint density at radius 1 is 1.25 bits per heavy atom. The van der Waals surface area contributed by atoms with Gasteiger partial charge in [0.15, 0.2) is 6.17 Å². The molecule has 0 rings (SSSR count). The van der Waals surface area contributed by atoms with Crippen molar-refractivity contribution in [1.29, 1.82) is 0 Å². The summed E-state index contributed by atoms with van der Waals surface area (Å²) in [4.78, 5) is 15.0. The number of esters is 1. The van der Waals surface area contributed by atoms with Gasteiger partial charge in [-0.1, -0.05) is 0 Å². The number of likely N-dealkylation sites (N-methyl/N-ethyl adjacent to an activating group) is 2. The molecular formula is C8H18N2O2. The smallest absolute Gasteiger partial charge is 0.338 e. The van der Waals surface area contributed by atoms with Crippen LogP contribution in [0.2, 0.25) is 0 Å². The Bertz CT molecular complexity index is 138. The number of hydrogen-bond donors (Lipinski definition) is 0. The first-order chi connectivity index (χ1) is 5.50. The van der Waals surface area contributed by atoms with E-state index in [4.69, 9.17) is 4.74 Å². The van der Waals surface area contributed by atoms with E-state index in [1.165, 1.54) is 0 Å². The lowest BCUT2D eigenvalue weighted by Crippen LogP contribution is -2.47. The van der Waals surface area contributed by atoms with Crippen LogP contribution in [-0.4, -0.2) is 56.7 Å². The van der Waals surface area contributed by atoms with Crippen molar-refractivity contribution in [2.24, 2.45) is 0 Å². The SMILES string of the molecule is CCOC(=O)C(N(C)C)N(C)C. The van der Waals surface area contributed by atoms with Crippen LogP contribution in [0.5, 0.6) is 0 Å². The highest BCUT2D eigenvalue weighted by Gasteiger charge is 2.23. The molecule has 0 aromatic carbocycles. The highest BCUT2D eigenvalue weighted by Crippen LogP contribution is 1.99. The van der Waals surface area contributed by atoms with Crippen LogP contribution in [0.4, 0.5) is 0 Å². The van der Waals surface area contributed by atoms with Gasteiger partial charge in [-0.3, -0.25) is 9.80 Å². The predicted molar refractivity (Wildman–Crippen MR) is 47.8 cm³/mol. The van der Waals surface area contributed by atoms with Crippen LogP contribution in [0.15, 0.2) is 0 Å². The second kappa shape index (κ2) is 5.11. The van der Waals surface area contributed by atoms with Crippen LogP contribution in [0.25, 0.3) is 0 Å². The normalized spacial score (nSPS) is 11.3. The monoisotopic (exact) mass is 174 g/mol. The standard InChI is InChI=1S/C8H18N2O2/c1-6-12-8(11)7(9(2)3)10(4)5/h7H,6H2,1-5H3. The molecule has 12 heavy (non-hydrogen) atoms. The lowest BCUT2D eigenvalue weighted by atomic mass is 10.4. The Hall–Kier alpha value is -0.610. The Balaban J connectivity index is 4.20. The van der Waals surface area contributed by atoms with Crippen LogP contribution >= 0.6 is 0 Å². The van der Waals surface area contributed by atoms with E-state index in [9.17, 15) is 4.79 Å². The maximum atomic E-state index is 11.3. The average molecular weight is 174 g/mol. The van der Waals surface area contributed by atoms with Gasteiger partial charge in [0.2, 0.25) is 0 Å². The Kier molecular flexibility index (Phi) is 4.85. The van der Waals surface area contributed by atoms with Crippen molar-refractivity contribution in [2.75, 3.05) is 34.8 Å². The second-order valence-corrected chi connectivity index (χ2v) is 3.05. The maximum absolute atomic E-state index is 11.3. The van der Waals surface area contributed by atoms with Gasteiger partial charge in [0.05, 0.1) is 6.61 Å². The van der Waals surface area contributed by atoms with Gasteiger partial charge in [0.1, 0.15) is 0 Å². The molecule has 0 unspecified atom stereocenters. The van der Waals surface area contributed by atoms with Gasteiger partial charge in [0, 0.05) is 0 Å². The zero-order chi connectivity index (χ0) is 9.72. The molecule has 4 heteroatoms. The molecule has 72 valence electrons. The minimum atomic E-state index is -0.287. The summed E-state index contributed by atoms with van der Waals surface area (Å²) in [5.41, 5.74) is 0. The summed E-state index contributed by atoms with van der Waals surface area (Å²) in [5.74, 6) is -0.201. The largest absolute Gasteiger partial charge is 0.464 e. The fourth-order valence-electron chi connectivity index (χ4n) is 1.10. The molecule has 0 fully saturated rings. The van der Waals surface area contributed by atoms with Gasteiger partial charge in [-0.2, -0.15) is 0 Å². The first-order valence-corrected chi connectivity index (χ1v) is 4.00. The summed E-state index contributed by atoms with van der Waals surface area (Å²) < 4.78 is 4.90. The number of hydrogen-bond acceptors (Lipinski definition) is 4. The molecule has 0 aliphatic carbocycles. The molecule has 0 saturated carbocycles. The van der Waals surface area contributed by atoms with Crippen molar-refractivity contribution < 1.29 is 9.53 Å². The fraction of sp³-hybridized carbons (Fsp3) is 0.875. The number of nitrogens with zero attached hydrogens (tertiary/aromatic N) is 2. The van der Waals surface area contributed by atoms with Gasteiger partial charge in [0.25, 0.3) is 0 Å². The highest BCUT2D eigenvalue weighted by atomic mass is 16.5. The lowest BCUT2D eigenvalue weighted by molar-refractivity contribution is -0.154. The van der Waals surface area contributed by atoms with Crippen molar-refractivity contribution in [3.8, 4) is 0 Å². The zero-order valence-electron chi connectivity index (χ0n) is 8.50. The van der Waals surface area contributed by atoms with Crippen LogP contribution in [0.1, 0.15) is 6.92 Å². The van der Waals surface area contributed by atoms with E-state index >= 15 is 0 Å². The maximum Gasteiger partial charge on any atom is 0.338 e. The summed E-state index contributed by atoms with van der Waals surface area (Å²) in [5, 5.41) is 0. The van der Waals surface area contributed by atoms with Gasteiger partial charge in [-0.05, 0) is 35.1 Å². The van der Waals surface area contributed by atoms with E-state index in [2.05, 4.69) is 0 Å². The average Bonchev–Trinajstić information content (AvgIpc) is 1.85. The van der Waals surface area contributed by atoms with Crippen molar-refractivity contribution >= 4 is 5.97 Å². The van der Waals surface area contributed by atoms with E-state index in [-0.39, 0.29) is 12.1 Å². The van der Waals surface area contributed by atoms with Crippen molar-refractivity contribution in [1.82, 2.24) is 9.80 Å². The van der Waals surface area contributed by atoms with Gasteiger partial charge >= 0.3 is 5.97 Å². The number of carbonyl (C=O) groups excluding carboxylic acids is 1. The van der Waals surface area contributed by atoms with Crippen LogP contribution in [0.3, 0.4) is 0 Å². The minimum Gasteiger partial charge on any atom is -0.464 e. The van der Waals surface area contributed by atoms with Gasteiger partial charge in [-0.25, -0.2) is 4.79 Å². The second-order valence-electron chi connectivity index (χ2n) is 3.05. The van der Waals surface area contributed by atoms with E-state index in [0.29, 0.717) is 6.61 Å². The molecule has 0 N–H and O–H groups in total. The van der Waals surface area contributed by atoms with Crippen molar-refractivity contribution in [3.05, 3.63) is 0 Å². The Morgan fingerprint density at radius 2 is 1.67 bits per heavy atom. The number of carbonyl (C=O) groups is 1. The summed E-state index contributed by atoms with van der Waals surface area (Å²) in [6.45, 7) is 2.23. The molecular weight excluding hydrogens is 156 g/mol. The zero-order valence-corrected chi connectivity index (χ0v) is 8.50. The lowest BCUT2D eigenvalue weighted by Gasteiger charge is -2.27. The topological polar surface area (TPSA) is 32.8 Å². The Morgan fingerprint density at radius 3 is 1.92 bits per heavy atom. The number of rotatable bonds is 4. The molecule has 0 aliphatic heterocycles. The van der Waals surface area contributed by atoms with Gasteiger partial charge < -0.3 is 4.74 Å². The molecule has 0 aromatic rings. The molecule has 0 heterocycles. The third-order valence-corrected chi connectivity index (χ3v) is 1.48. The Labute approximate surface area is 74.1 Å². The molecule has 0 amide bonds. The van der Waals surface area contributed by atoms with E-state index in [0.717, 1.165) is 0 Å². The summed E-state index contributed by atoms with van der Waals surface area (Å²) in [7, 11) is 7.40. The van der Waals surface area contributed by atoms with Crippen LogP contribution < -0.4 is 0 Å². The molecule has 4 nitrogen and oxygen atoms in total. The summed E-state index contributed by atoms with van der Waals surface area (Å²) >= 11 is 0. The summed E-state index contributed by atoms with van der Waals surface area (Å²) in [6.07, 6.45) is -0.287. The minimum absolute atomic E-state index is 0.201. The quantitative estimate of drug-likeness (QED) is 0.443. The predicted octanol–water partition coefficient (Wildman–Crippen LogP) is -0.00120. The molecule has 0 aromatic heterocycles. The molecule has 0 spiro atoms. The highest BCUT2D eigenvalue weighted by molar-refractivity contribution is 5.75. The first kappa shape index (κ1) is 11.4. The molecule has 0 saturated heterocycles. The van der Waals surface area contributed by atoms with E-state index in [1.54, 1.807) is 6.92 Å². The van der Waals surface area contributed by atoms with E-state index < -0.39 is 0 Å². The summed E-state index contributed by atoms with van der Waals surface area (Å²) in [6, 6.07) is 0. The van der Waals surface area contributed by atoms with Crippen LogP contribution in [0, 0.1) is 0 Å².